The number of rotatable bonds is 32. The van der Waals surface area contributed by atoms with Gasteiger partial charge in [-0.3, -0.25) is 4.79 Å². The number of unbranched alkanes of at least 4 members (excludes halogenated alkanes) is 5. The molecule has 0 heterocycles. The molecule has 11 nitrogen and oxygen atoms in total. The number of hydrogen-bond donors (Lipinski definition) is 0. The van der Waals surface area contributed by atoms with Gasteiger partial charge in [-0.05, 0) is 13.3 Å². The van der Waals surface area contributed by atoms with Crippen LogP contribution in [0.3, 0.4) is 0 Å². The molecule has 0 aliphatic heterocycles. The highest BCUT2D eigenvalue weighted by Crippen LogP contribution is 2.07. The van der Waals surface area contributed by atoms with Gasteiger partial charge in [-0.15, -0.1) is 0 Å². The lowest BCUT2D eigenvalue weighted by molar-refractivity contribution is -0.145. The van der Waals surface area contributed by atoms with Crippen LogP contribution in [-0.2, 0) is 52.2 Å². The molecule has 40 heavy (non-hydrogen) atoms. The summed E-state index contributed by atoms with van der Waals surface area (Å²) in [6.07, 6.45) is 7.41. The molecule has 11 heteroatoms. The second kappa shape index (κ2) is 31.9. The van der Waals surface area contributed by atoms with Crippen molar-refractivity contribution in [1.82, 2.24) is 0 Å². The zero-order valence-corrected chi connectivity index (χ0v) is 25.0. The van der Waals surface area contributed by atoms with Crippen molar-refractivity contribution in [3.05, 3.63) is 12.2 Å². The maximum absolute atomic E-state index is 11.6. The molecule has 0 rings (SSSR count). The number of esters is 2. The van der Waals surface area contributed by atoms with E-state index in [9.17, 15) is 9.59 Å². The van der Waals surface area contributed by atoms with E-state index in [1.807, 2.05) is 0 Å². The minimum absolute atomic E-state index is 0.147. The lowest BCUT2D eigenvalue weighted by Gasteiger charge is -2.09. The summed E-state index contributed by atoms with van der Waals surface area (Å²) >= 11 is 0. The normalized spacial score (nSPS) is 11.1. The van der Waals surface area contributed by atoms with Crippen LogP contribution in [0.1, 0.15) is 58.8 Å². The summed E-state index contributed by atoms with van der Waals surface area (Å²) in [7, 11) is 0. The highest BCUT2D eigenvalue weighted by Gasteiger charge is 2.03. The summed E-state index contributed by atoms with van der Waals surface area (Å²) in [5.74, 6) is -0.560. The minimum atomic E-state index is -0.413. The maximum Gasteiger partial charge on any atom is 0.333 e. The summed E-state index contributed by atoms with van der Waals surface area (Å²) in [4.78, 5) is 22.8. The third-order valence-electron chi connectivity index (χ3n) is 5.27. The molecule has 0 amide bonds. The Morgan fingerprint density at radius 1 is 0.475 bits per heavy atom. The van der Waals surface area contributed by atoms with Crippen LogP contribution in [-0.4, -0.2) is 118 Å². The van der Waals surface area contributed by atoms with Gasteiger partial charge in [0.1, 0.15) is 13.2 Å². The lowest BCUT2D eigenvalue weighted by atomic mass is 10.1. The first-order valence-electron chi connectivity index (χ1n) is 14.6. The van der Waals surface area contributed by atoms with Gasteiger partial charge in [-0.2, -0.15) is 0 Å². The van der Waals surface area contributed by atoms with Crippen molar-refractivity contribution in [3.8, 4) is 0 Å². The molecule has 0 spiro atoms. The maximum atomic E-state index is 11.6. The molecular weight excluding hydrogens is 524 g/mol. The standard InChI is InChI=1S/C29H54O11/c1-4-5-6-7-8-9-10-28(30)39-25-23-37-21-19-35-17-15-33-13-11-32-12-14-34-16-18-36-20-22-38-24-26-40-29(31)27(2)3/h2,4-26H2,1,3H3. The Morgan fingerprint density at radius 2 is 0.800 bits per heavy atom. The van der Waals surface area contributed by atoms with Crippen LogP contribution in [0, 0.1) is 0 Å². The van der Waals surface area contributed by atoms with Gasteiger partial charge in [0.25, 0.3) is 0 Å². The molecule has 0 radical (unpaired) electrons. The summed E-state index contributed by atoms with van der Waals surface area (Å²) in [6.45, 7) is 14.1. The zero-order valence-electron chi connectivity index (χ0n) is 25.0. The van der Waals surface area contributed by atoms with Crippen LogP contribution in [0.5, 0.6) is 0 Å². The fraction of sp³-hybridized carbons (Fsp3) is 0.862. The van der Waals surface area contributed by atoms with Crippen molar-refractivity contribution < 1.29 is 52.2 Å². The van der Waals surface area contributed by atoms with Gasteiger partial charge in [0, 0.05) is 12.0 Å². The van der Waals surface area contributed by atoms with Gasteiger partial charge >= 0.3 is 11.9 Å². The number of carbonyl (C=O) groups is 2. The predicted octanol–water partition coefficient (Wildman–Crippen LogP) is 3.52. The van der Waals surface area contributed by atoms with Crippen molar-refractivity contribution in [1.29, 1.82) is 0 Å². The van der Waals surface area contributed by atoms with Crippen molar-refractivity contribution in [3.63, 3.8) is 0 Å². The van der Waals surface area contributed by atoms with E-state index in [0.29, 0.717) is 104 Å². The van der Waals surface area contributed by atoms with E-state index >= 15 is 0 Å². The van der Waals surface area contributed by atoms with Crippen LogP contribution >= 0.6 is 0 Å². The summed E-state index contributed by atoms with van der Waals surface area (Å²) in [5.41, 5.74) is 0.370. The van der Waals surface area contributed by atoms with E-state index in [1.54, 1.807) is 6.92 Å². The molecule has 0 aromatic carbocycles. The minimum Gasteiger partial charge on any atom is -0.463 e. The van der Waals surface area contributed by atoms with E-state index in [1.165, 1.54) is 25.7 Å². The molecule has 0 fully saturated rings. The van der Waals surface area contributed by atoms with Gasteiger partial charge in [0.15, 0.2) is 0 Å². The summed E-state index contributed by atoms with van der Waals surface area (Å²) in [6, 6.07) is 0. The molecule has 0 aliphatic carbocycles. The molecule has 0 bridgehead atoms. The Morgan fingerprint density at radius 3 is 1.18 bits per heavy atom. The Balaban J connectivity index is 3.13. The van der Waals surface area contributed by atoms with E-state index < -0.39 is 5.97 Å². The Bertz CT molecular complexity index is 586. The van der Waals surface area contributed by atoms with Crippen molar-refractivity contribution in [2.24, 2.45) is 0 Å². The van der Waals surface area contributed by atoms with Crippen LogP contribution in [0.4, 0.5) is 0 Å². The largest absolute Gasteiger partial charge is 0.463 e. The zero-order chi connectivity index (χ0) is 29.4. The van der Waals surface area contributed by atoms with Crippen LogP contribution < -0.4 is 0 Å². The van der Waals surface area contributed by atoms with Crippen LogP contribution in [0.15, 0.2) is 12.2 Å². The fourth-order valence-corrected chi connectivity index (χ4v) is 3.07. The van der Waals surface area contributed by atoms with E-state index in [0.717, 1.165) is 12.8 Å². The smallest absolute Gasteiger partial charge is 0.333 e. The SMILES string of the molecule is C=C(C)C(=O)OCCOCCOCCOCCOCCOCCOCCOCCOC(=O)CCCCCCCC. The number of hydrogen-bond acceptors (Lipinski definition) is 11. The monoisotopic (exact) mass is 578 g/mol. The first kappa shape index (κ1) is 38.4. The quantitative estimate of drug-likeness (QED) is 0.0663. The summed E-state index contributed by atoms with van der Waals surface area (Å²) < 4.78 is 47.9. The molecule has 0 saturated heterocycles. The van der Waals surface area contributed by atoms with Crippen molar-refractivity contribution in [2.45, 2.75) is 58.8 Å². The first-order valence-corrected chi connectivity index (χ1v) is 14.6. The third kappa shape index (κ3) is 30.9. The molecule has 0 aromatic heterocycles. The van der Waals surface area contributed by atoms with Gasteiger partial charge in [0.05, 0.1) is 92.5 Å². The Hall–Kier alpha value is -1.60. The third-order valence-corrected chi connectivity index (χ3v) is 5.27. The molecule has 0 unspecified atom stereocenters. The van der Waals surface area contributed by atoms with E-state index in [2.05, 4.69) is 13.5 Å². The van der Waals surface area contributed by atoms with Crippen LogP contribution in [0.2, 0.25) is 0 Å². The molecule has 0 saturated carbocycles. The second-order valence-corrected chi connectivity index (χ2v) is 8.94. The lowest BCUT2D eigenvalue weighted by Crippen LogP contribution is -2.15. The molecular formula is C29H54O11. The van der Waals surface area contributed by atoms with Gasteiger partial charge in [0.2, 0.25) is 0 Å². The molecule has 236 valence electrons. The highest BCUT2D eigenvalue weighted by molar-refractivity contribution is 5.86. The number of ether oxygens (including phenoxy) is 9. The highest BCUT2D eigenvalue weighted by atomic mass is 16.6. The topological polar surface area (TPSA) is 117 Å². The van der Waals surface area contributed by atoms with E-state index in [-0.39, 0.29) is 19.2 Å². The van der Waals surface area contributed by atoms with Crippen LogP contribution in [0.25, 0.3) is 0 Å². The van der Waals surface area contributed by atoms with Crippen molar-refractivity contribution in [2.75, 3.05) is 106 Å². The average molecular weight is 579 g/mol. The van der Waals surface area contributed by atoms with Crippen molar-refractivity contribution >= 4 is 11.9 Å². The predicted molar refractivity (Wildman–Crippen MR) is 150 cm³/mol. The molecule has 0 aliphatic rings. The molecule has 0 atom stereocenters. The average Bonchev–Trinajstić information content (AvgIpc) is 2.94. The van der Waals surface area contributed by atoms with E-state index in [4.69, 9.17) is 42.6 Å². The second-order valence-electron chi connectivity index (χ2n) is 8.94. The van der Waals surface area contributed by atoms with Gasteiger partial charge < -0.3 is 42.6 Å². The summed E-state index contributed by atoms with van der Waals surface area (Å²) in [5, 5.41) is 0. The molecule has 0 N–H and O–H groups in total. The van der Waals surface area contributed by atoms with Gasteiger partial charge in [-0.25, -0.2) is 4.79 Å². The first-order chi connectivity index (χ1) is 19.6. The fourth-order valence-electron chi connectivity index (χ4n) is 3.07. The van der Waals surface area contributed by atoms with Gasteiger partial charge in [-0.1, -0.05) is 45.6 Å². The molecule has 0 aromatic rings. The number of carbonyl (C=O) groups excluding carboxylic acids is 2. The Labute approximate surface area is 241 Å². The Kier molecular flexibility index (Phi) is 30.6.